The first-order chi connectivity index (χ1) is 12.2. The van der Waals surface area contributed by atoms with Gasteiger partial charge in [-0.15, -0.1) is 5.10 Å². The molecular weight excluding hydrogens is 316 g/mol. The van der Waals surface area contributed by atoms with Crippen LogP contribution in [0.2, 0.25) is 0 Å². The van der Waals surface area contributed by atoms with Gasteiger partial charge in [0.05, 0.1) is 12.2 Å². The van der Waals surface area contributed by atoms with E-state index in [9.17, 15) is 4.79 Å². The van der Waals surface area contributed by atoms with E-state index in [0.717, 1.165) is 16.6 Å². The van der Waals surface area contributed by atoms with Gasteiger partial charge in [0.15, 0.2) is 5.82 Å². The van der Waals surface area contributed by atoms with Crippen LogP contribution in [0, 0.1) is 0 Å². The molecule has 1 amide bonds. The Kier molecular flexibility index (Phi) is 3.74. The third kappa shape index (κ3) is 2.87. The maximum Gasteiger partial charge on any atom is 0.251 e. The highest BCUT2D eigenvalue weighted by atomic mass is 16.1. The van der Waals surface area contributed by atoms with Crippen LogP contribution in [0.25, 0.3) is 16.6 Å². The fourth-order valence-corrected chi connectivity index (χ4v) is 2.75. The molecule has 7 heteroatoms. The molecule has 0 fully saturated rings. The first-order valence-electron chi connectivity index (χ1n) is 7.88. The van der Waals surface area contributed by atoms with Crippen LogP contribution < -0.4 is 5.32 Å². The Labute approximate surface area is 143 Å². The lowest BCUT2D eigenvalue weighted by Crippen LogP contribution is -2.24. The second kappa shape index (κ2) is 6.20. The molecule has 25 heavy (non-hydrogen) atoms. The second-order valence-electron chi connectivity index (χ2n) is 5.73. The number of para-hydroxylation sites is 1. The third-order valence-electron chi connectivity index (χ3n) is 4.09. The lowest BCUT2D eigenvalue weighted by atomic mass is 10.1. The zero-order valence-corrected chi connectivity index (χ0v) is 13.6. The van der Waals surface area contributed by atoms with Gasteiger partial charge < -0.3 is 9.88 Å². The number of aromatic nitrogens is 5. The minimum atomic E-state index is -0.161. The van der Waals surface area contributed by atoms with E-state index in [1.807, 2.05) is 72.4 Å². The van der Waals surface area contributed by atoms with Crippen molar-refractivity contribution in [3.63, 3.8) is 0 Å². The number of hydrogen-bond donors (Lipinski definition) is 1. The molecular formula is C18H16N6O. The molecule has 7 nitrogen and oxygen atoms in total. The number of benzene rings is 2. The van der Waals surface area contributed by atoms with Crippen molar-refractivity contribution < 1.29 is 4.79 Å². The molecule has 4 aromatic rings. The molecule has 0 saturated heterocycles. The molecule has 0 bridgehead atoms. The molecule has 0 aliphatic rings. The van der Waals surface area contributed by atoms with Crippen molar-refractivity contribution in [3.05, 3.63) is 72.2 Å². The smallest absolute Gasteiger partial charge is 0.251 e. The average molecular weight is 332 g/mol. The summed E-state index contributed by atoms with van der Waals surface area (Å²) >= 11 is 0. The summed E-state index contributed by atoms with van der Waals surface area (Å²) in [6.07, 6.45) is 1.97. The van der Waals surface area contributed by atoms with Gasteiger partial charge in [-0.25, -0.2) is 0 Å². The maximum absolute atomic E-state index is 12.5. The summed E-state index contributed by atoms with van der Waals surface area (Å²) in [6, 6.07) is 17.2. The van der Waals surface area contributed by atoms with E-state index in [1.54, 1.807) is 4.68 Å². The highest BCUT2D eigenvalue weighted by Gasteiger charge is 2.12. The second-order valence-corrected chi connectivity index (χ2v) is 5.73. The fraction of sp³-hybridized carbons (Fsp3) is 0.111. The quantitative estimate of drug-likeness (QED) is 0.621. The number of hydrogen-bond acceptors (Lipinski definition) is 4. The SMILES string of the molecule is Cn1ccc2ccc(C(=O)NCc3nnnn3-c3ccccc3)cc21. The Morgan fingerprint density at radius 1 is 1.12 bits per heavy atom. The molecule has 2 heterocycles. The normalized spacial score (nSPS) is 10.9. The Morgan fingerprint density at radius 2 is 1.96 bits per heavy atom. The number of carbonyl (C=O) groups is 1. The van der Waals surface area contributed by atoms with Crippen LogP contribution in [-0.4, -0.2) is 30.7 Å². The van der Waals surface area contributed by atoms with Gasteiger partial charge in [0.25, 0.3) is 5.91 Å². The predicted octanol–water partition coefficient (Wildman–Crippen LogP) is 2.08. The molecule has 0 radical (unpaired) electrons. The molecule has 0 aliphatic heterocycles. The van der Waals surface area contributed by atoms with E-state index in [-0.39, 0.29) is 12.5 Å². The minimum absolute atomic E-state index is 0.161. The highest BCUT2D eigenvalue weighted by molar-refractivity contribution is 5.98. The fourth-order valence-electron chi connectivity index (χ4n) is 2.75. The van der Waals surface area contributed by atoms with Crippen molar-refractivity contribution in [1.29, 1.82) is 0 Å². The highest BCUT2D eigenvalue weighted by Crippen LogP contribution is 2.16. The van der Waals surface area contributed by atoms with Crippen molar-refractivity contribution in [2.45, 2.75) is 6.54 Å². The molecule has 0 unspecified atom stereocenters. The van der Waals surface area contributed by atoms with Gasteiger partial charge in [0.2, 0.25) is 0 Å². The summed E-state index contributed by atoms with van der Waals surface area (Å²) in [5.41, 5.74) is 2.47. The van der Waals surface area contributed by atoms with Crippen molar-refractivity contribution in [2.75, 3.05) is 0 Å². The van der Waals surface area contributed by atoms with E-state index in [4.69, 9.17) is 0 Å². The molecule has 1 N–H and O–H groups in total. The molecule has 2 aromatic carbocycles. The number of carbonyl (C=O) groups excluding carboxylic acids is 1. The van der Waals surface area contributed by atoms with Crippen molar-refractivity contribution in [2.24, 2.45) is 7.05 Å². The largest absolute Gasteiger partial charge is 0.351 e. The van der Waals surface area contributed by atoms with Crippen LogP contribution in [-0.2, 0) is 13.6 Å². The molecule has 0 atom stereocenters. The predicted molar refractivity (Wildman–Crippen MR) is 93.2 cm³/mol. The van der Waals surface area contributed by atoms with Crippen LogP contribution in [0.15, 0.2) is 60.8 Å². The Morgan fingerprint density at radius 3 is 2.80 bits per heavy atom. The summed E-state index contributed by atoms with van der Waals surface area (Å²) in [5, 5.41) is 15.7. The van der Waals surface area contributed by atoms with Gasteiger partial charge in [-0.3, -0.25) is 4.79 Å². The van der Waals surface area contributed by atoms with Crippen LogP contribution in [0.5, 0.6) is 0 Å². The van der Waals surface area contributed by atoms with Crippen LogP contribution >= 0.6 is 0 Å². The van der Waals surface area contributed by atoms with Gasteiger partial charge >= 0.3 is 0 Å². The number of nitrogens with one attached hydrogen (secondary N) is 1. The number of nitrogens with zero attached hydrogens (tertiary/aromatic N) is 5. The van der Waals surface area contributed by atoms with E-state index in [2.05, 4.69) is 20.8 Å². The summed E-state index contributed by atoms with van der Waals surface area (Å²) in [6.45, 7) is 0.242. The monoisotopic (exact) mass is 332 g/mol. The maximum atomic E-state index is 12.5. The minimum Gasteiger partial charge on any atom is -0.351 e. The Bertz CT molecular complexity index is 1030. The van der Waals surface area contributed by atoms with Crippen LogP contribution in [0.1, 0.15) is 16.2 Å². The molecule has 124 valence electrons. The van der Waals surface area contributed by atoms with Gasteiger partial charge in [0, 0.05) is 24.3 Å². The van der Waals surface area contributed by atoms with Gasteiger partial charge in [-0.05, 0) is 46.1 Å². The van der Waals surface area contributed by atoms with Gasteiger partial charge in [-0.2, -0.15) is 4.68 Å². The molecule has 0 saturated carbocycles. The van der Waals surface area contributed by atoms with Crippen molar-refractivity contribution in [1.82, 2.24) is 30.1 Å². The molecule has 0 aliphatic carbocycles. The number of tetrazole rings is 1. The van der Waals surface area contributed by atoms with Crippen LogP contribution in [0.4, 0.5) is 0 Å². The van der Waals surface area contributed by atoms with Crippen LogP contribution in [0.3, 0.4) is 0 Å². The average Bonchev–Trinajstić information content (AvgIpc) is 3.27. The topological polar surface area (TPSA) is 77.6 Å². The number of aryl methyl sites for hydroxylation is 1. The van der Waals surface area contributed by atoms with E-state index >= 15 is 0 Å². The van der Waals surface area contributed by atoms with Gasteiger partial charge in [0.1, 0.15) is 0 Å². The number of rotatable bonds is 4. The lowest BCUT2D eigenvalue weighted by molar-refractivity contribution is 0.0949. The standard InChI is InChI=1S/C18H16N6O/c1-23-10-9-13-7-8-14(11-16(13)23)18(25)19-12-17-20-21-22-24(17)15-5-3-2-4-6-15/h2-11H,12H2,1H3,(H,19,25). The van der Waals surface area contributed by atoms with Crippen molar-refractivity contribution in [3.8, 4) is 5.69 Å². The van der Waals surface area contributed by atoms with E-state index < -0.39 is 0 Å². The van der Waals surface area contributed by atoms with E-state index in [0.29, 0.717) is 11.4 Å². The third-order valence-corrected chi connectivity index (χ3v) is 4.09. The summed E-state index contributed by atoms with van der Waals surface area (Å²) in [5.74, 6) is 0.408. The van der Waals surface area contributed by atoms with E-state index in [1.165, 1.54) is 0 Å². The molecule has 4 rings (SSSR count). The lowest BCUT2D eigenvalue weighted by Gasteiger charge is -2.07. The summed E-state index contributed by atoms with van der Waals surface area (Å²) < 4.78 is 3.60. The Balaban J connectivity index is 1.52. The zero-order chi connectivity index (χ0) is 17.2. The number of fused-ring (bicyclic) bond motifs is 1. The Hall–Kier alpha value is -3.48. The molecule has 2 aromatic heterocycles. The number of amides is 1. The zero-order valence-electron chi connectivity index (χ0n) is 13.6. The molecule has 0 spiro atoms. The van der Waals surface area contributed by atoms with Crippen molar-refractivity contribution >= 4 is 16.8 Å². The van der Waals surface area contributed by atoms with Gasteiger partial charge in [-0.1, -0.05) is 24.3 Å². The summed E-state index contributed by atoms with van der Waals surface area (Å²) in [4.78, 5) is 12.5. The summed E-state index contributed by atoms with van der Waals surface area (Å²) in [7, 11) is 1.96. The first kappa shape index (κ1) is 15.1. The first-order valence-corrected chi connectivity index (χ1v) is 7.88.